The highest BCUT2D eigenvalue weighted by molar-refractivity contribution is 8.18. The Hall–Kier alpha value is -3.59. The third kappa shape index (κ3) is 5.31. The molecule has 0 spiro atoms. The fourth-order valence-electron chi connectivity index (χ4n) is 3.69. The van der Waals surface area contributed by atoms with Gasteiger partial charge in [0, 0.05) is 13.1 Å². The highest BCUT2D eigenvalue weighted by atomic mass is 32.2. The Kier molecular flexibility index (Phi) is 7.32. The Labute approximate surface area is 201 Å². The lowest BCUT2D eigenvalue weighted by molar-refractivity contribution is -0.135. The summed E-state index contributed by atoms with van der Waals surface area (Å²) < 4.78 is 11.1. The van der Waals surface area contributed by atoms with Crippen LogP contribution in [0.2, 0.25) is 0 Å². The summed E-state index contributed by atoms with van der Waals surface area (Å²) in [4.78, 5) is 52.9. The number of amides is 3. The molecule has 8 nitrogen and oxygen atoms in total. The minimum Gasteiger partial charge on any atom is -0.490 e. The van der Waals surface area contributed by atoms with Crippen molar-refractivity contribution in [2.45, 2.75) is 19.8 Å². The van der Waals surface area contributed by atoms with Crippen molar-refractivity contribution in [2.24, 2.45) is 0 Å². The molecule has 2 aromatic carbocycles. The SMILES string of the molecule is CCOc1cc(/C=C2\SC(=O)N(CC(=O)N3CCCC3)C2=O)ccc1OC(=O)c1ccccc1. The first-order valence-electron chi connectivity index (χ1n) is 11.0. The fourth-order valence-corrected chi connectivity index (χ4v) is 4.53. The molecule has 0 unspecified atom stereocenters. The van der Waals surface area contributed by atoms with Gasteiger partial charge in [-0.1, -0.05) is 24.3 Å². The average Bonchev–Trinajstić information content (AvgIpc) is 3.46. The molecule has 0 atom stereocenters. The molecule has 2 fully saturated rings. The van der Waals surface area contributed by atoms with E-state index in [1.807, 2.05) is 0 Å². The predicted octanol–water partition coefficient (Wildman–Crippen LogP) is 3.96. The van der Waals surface area contributed by atoms with Crippen LogP contribution in [-0.4, -0.2) is 59.1 Å². The molecule has 0 aliphatic carbocycles. The Morgan fingerprint density at radius 2 is 1.76 bits per heavy atom. The Bertz CT molecular complexity index is 1140. The largest absolute Gasteiger partial charge is 0.490 e. The molecule has 176 valence electrons. The van der Waals surface area contributed by atoms with Crippen LogP contribution in [0.1, 0.15) is 35.7 Å². The second-order valence-corrected chi connectivity index (χ2v) is 8.74. The molecule has 2 saturated heterocycles. The molecular weight excluding hydrogens is 456 g/mol. The maximum absolute atomic E-state index is 12.8. The molecule has 2 aliphatic heterocycles. The van der Waals surface area contributed by atoms with Crippen LogP contribution in [-0.2, 0) is 9.59 Å². The third-order valence-corrected chi connectivity index (χ3v) is 6.31. The van der Waals surface area contributed by atoms with Gasteiger partial charge in [0.1, 0.15) is 6.54 Å². The molecule has 0 radical (unpaired) electrons. The average molecular weight is 481 g/mol. The van der Waals surface area contributed by atoms with Crippen LogP contribution in [0.5, 0.6) is 11.5 Å². The minimum atomic E-state index is -0.516. The molecule has 4 rings (SSSR count). The summed E-state index contributed by atoms with van der Waals surface area (Å²) in [7, 11) is 0. The van der Waals surface area contributed by atoms with Gasteiger partial charge in [-0.3, -0.25) is 19.3 Å². The van der Waals surface area contributed by atoms with E-state index < -0.39 is 17.1 Å². The smallest absolute Gasteiger partial charge is 0.343 e. The van der Waals surface area contributed by atoms with Crippen molar-refractivity contribution >= 4 is 40.9 Å². The summed E-state index contributed by atoms with van der Waals surface area (Å²) in [5.74, 6) is -0.649. The Morgan fingerprint density at radius 1 is 1.03 bits per heavy atom. The van der Waals surface area contributed by atoms with Gasteiger partial charge in [0.15, 0.2) is 11.5 Å². The summed E-state index contributed by atoms with van der Waals surface area (Å²) in [5.41, 5.74) is 1.01. The van der Waals surface area contributed by atoms with Crippen LogP contribution in [0.3, 0.4) is 0 Å². The van der Waals surface area contributed by atoms with E-state index in [2.05, 4.69) is 0 Å². The minimum absolute atomic E-state index is 0.218. The molecule has 0 aromatic heterocycles. The number of hydrogen-bond acceptors (Lipinski definition) is 7. The molecular formula is C25H24N2O6S. The van der Waals surface area contributed by atoms with E-state index >= 15 is 0 Å². The van der Waals surface area contributed by atoms with Gasteiger partial charge in [-0.2, -0.15) is 0 Å². The molecule has 2 aliphatic rings. The second kappa shape index (κ2) is 10.6. The molecule has 34 heavy (non-hydrogen) atoms. The van der Waals surface area contributed by atoms with Crippen LogP contribution >= 0.6 is 11.8 Å². The summed E-state index contributed by atoms with van der Waals surface area (Å²) in [5, 5.41) is -0.470. The monoisotopic (exact) mass is 480 g/mol. The van der Waals surface area contributed by atoms with Crippen LogP contribution in [0.4, 0.5) is 4.79 Å². The van der Waals surface area contributed by atoms with Crippen molar-refractivity contribution < 1.29 is 28.7 Å². The lowest BCUT2D eigenvalue weighted by Crippen LogP contribution is -2.40. The first-order valence-corrected chi connectivity index (χ1v) is 11.8. The highest BCUT2D eigenvalue weighted by Gasteiger charge is 2.37. The van der Waals surface area contributed by atoms with Crippen LogP contribution < -0.4 is 9.47 Å². The summed E-state index contributed by atoms with van der Waals surface area (Å²) in [6.07, 6.45) is 3.44. The van der Waals surface area contributed by atoms with Gasteiger partial charge in [0.25, 0.3) is 11.1 Å². The standard InChI is InChI=1S/C25H24N2O6S/c1-2-32-20-14-17(10-11-19(20)33-24(30)18-8-4-3-5-9-18)15-21-23(29)27(25(31)34-21)16-22(28)26-12-6-7-13-26/h3-5,8-11,14-15H,2,6-7,12-13,16H2,1H3/b21-15-. The van der Waals surface area contributed by atoms with Gasteiger partial charge in [-0.05, 0) is 67.4 Å². The van der Waals surface area contributed by atoms with E-state index in [0.29, 0.717) is 36.6 Å². The number of thioether (sulfide) groups is 1. The summed E-state index contributed by atoms with van der Waals surface area (Å²) in [6.45, 7) is 3.21. The zero-order valence-electron chi connectivity index (χ0n) is 18.7. The number of carbonyl (C=O) groups excluding carboxylic acids is 4. The van der Waals surface area contributed by atoms with E-state index in [9.17, 15) is 19.2 Å². The number of imide groups is 1. The molecule has 0 N–H and O–H groups in total. The van der Waals surface area contributed by atoms with E-state index in [4.69, 9.17) is 9.47 Å². The number of benzene rings is 2. The molecule has 2 heterocycles. The number of carbonyl (C=O) groups is 4. The number of ether oxygens (including phenoxy) is 2. The van der Waals surface area contributed by atoms with Gasteiger partial charge in [-0.25, -0.2) is 4.79 Å². The number of nitrogens with zero attached hydrogens (tertiary/aromatic N) is 2. The Balaban J connectivity index is 1.50. The van der Waals surface area contributed by atoms with Crippen molar-refractivity contribution in [3.63, 3.8) is 0 Å². The topological polar surface area (TPSA) is 93.2 Å². The zero-order valence-corrected chi connectivity index (χ0v) is 19.5. The van der Waals surface area contributed by atoms with Gasteiger partial charge in [0.2, 0.25) is 5.91 Å². The van der Waals surface area contributed by atoms with E-state index in [1.54, 1.807) is 66.4 Å². The molecule has 0 bridgehead atoms. The summed E-state index contributed by atoms with van der Waals surface area (Å²) in [6, 6.07) is 13.5. The number of likely N-dealkylation sites (tertiary alicyclic amines) is 1. The molecule has 3 amide bonds. The molecule has 0 saturated carbocycles. The van der Waals surface area contributed by atoms with Crippen molar-refractivity contribution in [1.29, 1.82) is 0 Å². The third-order valence-electron chi connectivity index (χ3n) is 5.40. The van der Waals surface area contributed by atoms with Crippen LogP contribution in [0.15, 0.2) is 53.4 Å². The second-order valence-electron chi connectivity index (χ2n) is 7.75. The maximum Gasteiger partial charge on any atom is 0.343 e. The van der Waals surface area contributed by atoms with Crippen molar-refractivity contribution in [1.82, 2.24) is 9.80 Å². The number of rotatable bonds is 7. The van der Waals surface area contributed by atoms with Gasteiger partial charge < -0.3 is 14.4 Å². The Morgan fingerprint density at radius 3 is 2.47 bits per heavy atom. The molecule has 9 heteroatoms. The van der Waals surface area contributed by atoms with E-state index in [-0.39, 0.29) is 23.1 Å². The van der Waals surface area contributed by atoms with Gasteiger partial charge >= 0.3 is 5.97 Å². The van der Waals surface area contributed by atoms with E-state index in [0.717, 1.165) is 29.5 Å². The molecule has 2 aromatic rings. The van der Waals surface area contributed by atoms with Crippen molar-refractivity contribution in [2.75, 3.05) is 26.2 Å². The van der Waals surface area contributed by atoms with Crippen molar-refractivity contribution in [3.8, 4) is 11.5 Å². The number of esters is 1. The lowest BCUT2D eigenvalue weighted by atomic mass is 10.1. The van der Waals surface area contributed by atoms with Gasteiger partial charge in [-0.15, -0.1) is 0 Å². The highest BCUT2D eigenvalue weighted by Crippen LogP contribution is 2.35. The lowest BCUT2D eigenvalue weighted by Gasteiger charge is -2.18. The fraction of sp³-hybridized carbons (Fsp3) is 0.280. The first kappa shape index (κ1) is 23.6. The van der Waals surface area contributed by atoms with E-state index in [1.165, 1.54) is 0 Å². The number of hydrogen-bond donors (Lipinski definition) is 0. The van der Waals surface area contributed by atoms with Crippen LogP contribution in [0, 0.1) is 0 Å². The van der Waals surface area contributed by atoms with Gasteiger partial charge in [0.05, 0.1) is 17.1 Å². The quantitative estimate of drug-likeness (QED) is 0.336. The summed E-state index contributed by atoms with van der Waals surface area (Å²) >= 11 is 0.794. The van der Waals surface area contributed by atoms with Crippen molar-refractivity contribution in [3.05, 3.63) is 64.6 Å². The van der Waals surface area contributed by atoms with Crippen LogP contribution in [0.25, 0.3) is 6.08 Å². The maximum atomic E-state index is 12.8. The predicted molar refractivity (Wildman–Crippen MR) is 128 cm³/mol. The zero-order chi connectivity index (χ0) is 24.1. The normalized spacial score (nSPS) is 16.9. The first-order chi connectivity index (χ1) is 16.5.